The summed E-state index contributed by atoms with van der Waals surface area (Å²) >= 11 is 16.0. The summed E-state index contributed by atoms with van der Waals surface area (Å²) in [6, 6.07) is 9.42. The van der Waals surface area contributed by atoms with Gasteiger partial charge < -0.3 is 0 Å². The molecule has 0 aliphatic carbocycles. The Bertz CT molecular complexity index is 783. The second kappa shape index (κ2) is 5.35. The molecule has 0 saturated heterocycles. The molecule has 3 rings (SSSR count). The van der Waals surface area contributed by atoms with Crippen LogP contribution in [0.15, 0.2) is 41.0 Å². The summed E-state index contributed by atoms with van der Waals surface area (Å²) < 4.78 is 2.84. The Morgan fingerprint density at radius 3 is 2.85 bits per heavy atom. The summed E-state index contributed by atoms with van der Waals surface area (Å²) in [5.41, 5.74) is 2.35. The molecule has 0 radical (unpaired) electrons. The molecule has 102 valence electrons. The molecule has 0 aliphatic heterocycles. The average Bonchev–Trinajstić information content (AvgIpc) is 2.81. The maximum absolute atomic E-state index is 6.32. The highest BCUT2D eigenvalue weighted by Crippen LogP contribution is 2.32. The van der Waals surface area contributed by atoms with Crippen LogP contribution in [0.25, 0.3) is 16.9 Å². The average molecular weight is 371 g/mol. The third kappa shape index (κ3) is 2.32. The van der Waals surface area contributed by atoms with E-state index in [4.69, 9.17) is 23.2 Å². The molecule has 1 unspecified atom stereocenters. The molecule has 2 aromatic heterocycles. The van der Waals surface area contributed by atoms with Gasteiger partial charge >= 0.3 is 0 Å². The molecule has 0 amide bonds. The number of rotatable bonds is 2. The summed E-state index contributed by atoms with van der Waals surface area (Å²) in [6.07, 6.45) is 1.73. The first-order valence-electron chi connectivity index (χ1n) is 6.01. The molecule has 6 heteroatoms. The van der Waals surface area contributed by atoms with Gasteiger partial charge in [-0.25, -0.2) is 9.97 Å². The lowest BCUT2D eigenvalue weighted by Gasteiger charge is -2.12. The Kier molecular flexibility index (Phi) is 3.71. The van der Waals surface area contributed by atoms with Gasteiger partial charge in [-0.1, -0.05) is 27.5 Å². The largest absolute Gasteiger partial charge is 0.278 e. The molecule has 0 spiro atoms. The molecule has 3 aromatic rings. The third-order valence-corrected chi connectivity index (χ3v) is 3.95. The zero-order valence-corrected chi connectivity index (χ0v) is 13.6. The minimum absolute atomic E-state index is 0.251. The lowest BCUT2D eigenvalue weighted by molar-refractivity contribution is 0.876. The van der Waals surface area contributed by atoms with Crippen LogP contribution in [0, 0.1) is 0 Å². The quantitative estimate of drug-likeness (QED) is 0.585. The summed E-state index contributed by atoms with van der Waals surface area (Å²) in [4.78, 5) is 8.95. The van der Waals surface area contributed by atoms with Crippen molar-refractivity contribution in [2.75, 3.05) is 0 Å². The van der Waals surface area contributed by atoms with Gasteiger partial charge in [0, 0.05) is 10.7 Å². The first-order valence-corrected chi connectivity index (χ1v) is 7.61. The van der Waals surface area contributed by atoms with Crippen LogP contribution < -0.4 is 0 Å². The van der Waals surface area contributed by atoms with Gasteiger partial charge in [-0.15, -0.1) is 11.6 Å². The highest BCUT2D eigenvalue weighted by molar-refractivity contribution is 9.10. The second-order valence-corrected chi connectivity index (χ2v) is 6.34. The van der Waals surface area contributed by atoms with Crippen LogP contribution >= 0.6 is 39.1 Å². The Balaban J connectivity index is 2.39. The Morgan fingerprint density at radius 2 is 2.10 bits per heavy atom. The minimum Gasteiger partial charge on any atom is -0.278 e. The molecule has 1 aromatic carbocycles. The molecule has 3 nitrogen and oxygen atoms in total. The normalized spacial score (nSPS) is 12.8. The number of hydrogen-bond donors (Lipinski definition) is 0. The fourth-order valence-corrected chi connectivity index (χ4v) is 2.79. The number of benzene rings is 1. The summed E-state index contributed by atoms with van der Waals surface area (Å²) in [5.74, 6) is 0.723. The van der Waals surface area contributed by atoms with E-state index in [0.717, 1.165) is 27.1 Å². The van der Waals surface area contributed by atoms with E-state index in [1.807, 2.05) is 41.8 Å². The number of imidazole rings is 1. The van der Waals surface area contributed by atoms with Crippen molar-refractivity contribution in [2.45, 2.75) is 12.3 Å². The Hall–Kier alpha value is -1.10. The molecule has 0 saturated carbocycles. The number of hydrogen-bond acceptors (Lipinski definition) is 2. The molecular weight excluding hydrogens is 361 g/mol. The van der Waals surface area contributed by atoms with Crippen molar-refractivity contribution in [3.05, 3.63) is 51.8 Å². The van der Waals surface area contributed by atoms with Crippen LogP contribution in [0.1, 0.15) is 18.1 Å². The molecule has 0 N–H and O–H groups in total. The van der Waals surface area contributed by atoms with Crippen molar-refractivity contribution in [3.63, 3.8) is 0 Å². The minimum atomic E-state index is -0.251. The van der Waals surface area contributed by atoms with Gasteiger partial charge in [-0.05, 0) is 37.3 Å². The first-order chi connectivity index (χ1) is 9.58. The standard InChI is InChI=1S/C14H10BrCl2N3/c1-8(16)13-19-11-3-2-6-18-14(11)20(13)12-7-9(15)4-5-10(12)17/h2-8H,1H3. The molecule has 2 heterocycles. The summed E-state index contributed by atoms with van der Waals surface area (Å²) in [5, 5.41) is 0.371. The van der Waals surface area contributed by atoms with E-state index < -0.39 is 0 Å². The number of nitrogens with zero attached hydrogens (tertiary/aromatic N) is 3. The zero-order valence-electron chi connectivity index (χ0n) is 10.5. The van der Waals surface area contributed by atoms with Gasteiger partial charge in [0.2, 0.25) is 0 Å². The monoisotopic (exact) mass is 369 g/mol. The smallest absolute Gasteiger partial charge is 0.164 e. The highest BCUT2D eigenvalue weighted by Gasteiger charge is 2.18. The predicted octanol–water partition coefficient (Wildman–Crippen LogP) is 5.14. The van der Waals surface area contributed by atoms with E-state index >= 15 is 0 Å². The van der Waals surface area contributed by atoms with Crippen molar-refractivity contribution >= 4 is 50.3 Å². The zero-order chi connectivity index (χ0) is 14.3. The third-order valence-electron chi connectivity index (χ3n) is 2.95. The van der Waals surface area contributed by atoms with Crippen molar-refractivity contribution in [1.82, 2.24) is 14.5 Å². The summed E-state index contributed by atoms with van der Waals surface area (Å²) in [6.45, 7) is 1.88. The van der Waals surface area contributed by atoms with Gasteiger partial charge in [0.25, 0.3) is 0 Å². The highest BCUT2D eigenvalue weighted by atomic mass is 79.9. The Morgan fingerprint density at radius 1 is 1.30 bits per heavy atom. The molecule has 20 heavy (non-hydrogen) atoms. The lowest BCUT2D eigenvalue weighted by Crippen LogP contribution is -2.03. The fraction of sp³-hybridized carbons (Fsp3) is 0.143. The van der Waals surface area contributed by atoms with Crippen LogP contribution in [-0.2, 0) is 0 Å². The SMILES string of the molecule is CC(Cl)c1nc2cccnc2n1-c1cc(Br)ccc1Cl. The van der Waals surface area contributed by atoms with Gasteiger partial charge in [-0.2, -0.15) is 0 Å². The maximum atomic E-state index is 6.32. The number of halogens is 3. The lowest BCUT2D eigenvalue weighted by atomic mass is 10.3. The van der Waals surface area contributed by atoms with Crippen LogP contribution in [0.5, 0.6) is 0 Å². The number of fused-ring (bicyclic) bond motifs is 1. The molecule has 1 atom stereocenters. The van der Waals surface area contributed by atoms with E-state index in [1.54, 1.807) is 6.20 Å². The van der Waals surface area contributed by atoms with E-state index in [-0.39, 0.29) is 5.38 Å². The van der Waals surface area contributed by atoms with Crippen LogP contribution in [0.4, 0.5) is 0 Å². The van der Waals surface area contributed by atoms with Crippen molar-refractivity contribution in [2.24, 2.45) is 0 Å². The summed E-state index contributed by atoms with van der Waals surface area (Å²) in [7, 11) is 0. The van der Waals surface area contributed by atoms with E-state index in [1.165, 1.54) is 0 Å². The van der Waals surface area contributed by atoms with Crippen LogP contribution in [-0.4, -0.2) is 14.5 Å². The van der Waals surface area contributed by atoms with Gasteiger partial charge in [0.05, 0.1) is 16.1 Å². The first kappa shape index (κ1) is 13.9. The number of pyridine rings is 1. The number of alkyl halides is 1. The van der Waals surface area contributed by atoms with Gasteiger partial charge in [-0.3, -0.25) is 4.57 Å². The topological polar surface area (TPSA) is 30.7 Å². The molecular formula is C14H10BrCl2N3. The predicted molar refractivity (Wildman–Crippen MR) is 85.8 cm³/mol. The van der Waals surface area contributed by atoms with E-state index in [9.17, 15) is 0 Å². The van der Waals surface area contributed by atoms with Crippen molar-refractivity contribution in [3.8, 4) is 5.69 Å². The van der Waals surface area contributed by atoms with Crippen molar-refractivity contribution in [1.29, 1.82) is 0 Å². The fourth-order valence-electron chi connectivity index (χ4n) is 2.09. The van der Waals surface area contributed by atoms with E-state index in [0.29, 0.717) is 5.02 Å². The van der Waals surface area contributed by atoms with E-state index in [2.05, 4.69) is 25.9 Å². The Labute approximate surface area is 134 Å². The molecule has 0 fully saturated rings. The van der Waals surface area contributed by atoms with Crippen molar-refractivity contribution < 1.29 is 0 Å². The van der Waals surface area contributed by atoms with Gasteiger partial charge in [0.15, 0.2) is 5.65 Å². The molecule has 0 aliphatic rings. The van der Waals surface area contributed by atoms with Crippen LogP contribution in [0.2, 0.25) is 5.02 Å². The van der Waals surface area contributed by atoms with Gasteiger partial charge in [0.1, 0.15) is 11.3 Å². The molecule has 0 bridgehead atoms. The number of aromatic nitrogens is 3. The van der Waals surface area contributed by atoms with Crippen LogP contribution in [0.3, 0.4) is 0 Å². The maximum Gasteiger partial charge on any atom is 0.164 e. The second-order valence-electron chi connectivity index (χ2n) is 4.36.